The molecule has 178 valence electrons. The summed E-state index contributed by atoms with van der Waals surface area (Å²) < 4.78 is 26.9. The molecule has 2 aromatic carbocycles. The number of likely N-dealkylation sites (N-methyl/N-ethyl adjacent to an activating group) is 1. The van der Waals surface area contributed by atoms with E-state index in [2.05, 4.69) is 24.8 Å². The molecule has 0 saturated carbocycles. The second kappa shape index (κ2) is 11.0. The molecule has 1 aromatic heterocycles. The Balaban J connectivity index is 1.96. The number of rotatable bonds is 10. The molecule has 0 aliphatic heterocycles. The van der Waals surface area contributed by atoms with Gasteiger partial charge < -0.3 is 4.90 Å². The standard InChI is InChI=1S/C23H30N4O3S3/c1-6-26(7-2)14-15-27(23-24-20-13-10-18(31-5)16-21(20)32-23)22(28)17-8-11-19(12-9-17)33(29,30)25(3)4/h8-13,16H,6-7,14-15H2,1-5H3. The van der Waals surface area contributed by atoms with Crippen LogP contribution >= 0.6 is 23.1 Å². The lowest BCUT2D eigenvalue weighted by Crippen LogP contribution is -2.38. The molecule has 0 spiro atoms. The summed E-state index contributed by atoms with van der Waals surface area (Å²) in [6, 6.07) is 12.2. The van der Waals surface area contributed by atoms with Gasteiger partial charge in [-0.2, -0.15) is 0 Å². The molecule has 0 saturated heterocycles. The van der Waals surface area contributed by atoms with Crippen LogP contribution in [0.3, 0.4) is 0 Å². The number of amides is 1. The number of sulfonamides is 1. The van der Waals surface area contributed by atoms with Gasteiger partial charge >= 0.3 is 0 Å². The zero-order chi connectivity index (χ0) is 24.2. The van der Waals surface area contributed by atoms with Crippen LogP contribution in [0, 0.1) is 0 Å². The van der Waals surface area contributed by atoms with Crippen molar-refractivity contribution in [3.63, 3.8) is 0 Å². The molecule has 3 rings (SSSR count). The van der Waals surface area contributed by atoms with E-state index in [1.807, 2.05) is 18.4 Å². The summed E-state index contributed by atoms with van der Waals surface area (Å²) in [5.41, 5.74) is 1.29. The summed E-state index contributed by atoms with van der Waals surface area (Å²) in [6.07, 6.45) is 2.03. The summed E-state index contributed by atoms with van der Waals surface area (Å²) in [5, 5.41) is 0.644. The van der Waals surface area contributed by atoms with E-state index in [-0.39, 0.29) is 10.8 Å². The monoisotopic (exact) mass is 506 g/mol. The van der Waals surface area contributed by atoms with Crippen LogP contribution in [0.15, 0.2) is 52.3 Å². The van der Waals surface area contributed by atoms with Crippen molar-refractivity contribution in [3.05, 3.63) is 48.0 Å². The van der Waals surface area contributed by atoms with Gasteiger partial charge in [0.15, 0.2) is 5.13 Å². The van der Waals surface area contributed by atoms with E-state index in [0.29, 0.717) is 17.2 Å². The van der Waals surface area contributed by atoms with Crippen molar-refractivity contribution in [2.24, 2.45) is 0 Å². The van der Waals surface area contributed by atoms with Gasteiger partial charge in [0.05, 0.1) is 15.1 Å². The van der Waals surface area contributed by atoms with Crippen LogP contribution in [0.25, 0.3) is 10.2 Å². The number of anilines is 1. The smallest absolute Gasteiger partial charge is 0.260 e. The maximum atomic E-state index is 13.5. The third-order valence-electron chi connectivity index (χ3n) is 5.47. The number of hydrogen-bond donors (Lipinski definition) is 0. The Morgan fingerprint density at radius 3 is 2.27 bits per heavy atom. The predicted octanol–water partition coefficient (Wildman–Crippen LogP) is 4.26. The Hall–Kier alpha value is -1.98. The van der Waals surface area contributed by atoms with Crippen LogP contribution in [0.1, 0.15) is 24.2 Å². The Kier molecular flexibility index (Phi) is 8.52. The van der Waals surface area contributed by atoms with E-state index in [1.54, 1.807) is 28.8 Å². The first-order chi connectivity index (χ1) is 15.7. The second-order valence-electron chi connectivity index (χ2n) is 7.63. The lowest BCUT2D eigenvalue weighted by Gasteiger charge is -2.24. The molecule has 0 unspecified atom stereocenters. The number of nitrogens with zero attached hydrogens (tertiary/aromatic N) is 4. The van der Waals surface area contributed by atoms with Crippen molar-refractivity contribution in [2.75, 3.05) is 51.4 Å². The van der Waals surface area contributed by atoms with Gasteiger partial charge in [-0.05, 0) is 61.8 Å². The number of fused-ring (bicyclic) bond motifs is 1. The number of benzene rings is 2. The van der Waals surface area contributed by atoms with Crippen LogP contribution in [0.2, 0.25) is 0 Å². The van der Waals surface area contributed by atoms with Gasteiger partial charge in [0, 0.05) is 37.6 Å². The van der Waals surface area contributed by atoms with Gasteiger partial charge in [-0.3, -0.25) is 9.69 Å². The minimum absolute atomic E-state index is 0.156. The largest absolute Gasteiger partial charge is 0.302 e. The normalized spacial score (nSPS) is 12.1. The van der Waals surface area contributed by atoms with E-state index < -0.39 is 10.0 Å². The van der Waals surface area contributed by atoms with E-state index in [0.717, 1.165) is 39.1 Å². The summed E-state index contributed by atoms with van der Waals surface area (Å²) >= 11 is 3.16. The zero-order valence-electron chi connectivity index (χ0n) is 19.6. The molecule has 0 bridgehead atoms. The van der Waals surface area contributed by atoms with Gasteiger partial charge in [0.2, 0.25) is 10.0 Å². The third-order valence-corrected chi connectivity index (χ3v) is 9.07. The Morgan fingerprint density at radius 1 is 1.03 bits per heavy atom. The molecule has 0 aliphatic carbocycles. The van der Waals surface area contributed by atoms with Crippen molar-refractivity contribution in [1.82, 2.24) is 14.2 Å². The van der Waals surface area contributed by atoms with Crippen LogP contribution in [-0.2, 0) is 10.0 Å². The van der Waals surface area contributed by atoms with Crippen LogP contribution in [0.4, 0.5) is 5.13 Å². The fraction of sp³-hybridized carbons (Fsp3) is 0.391. The second-order valence-corrected chi connectivity index (χ2v) is 11.7. The lowest BCUT2D eigenvalue weighted by molar-refractivity contribution is 0.0983. The molecule has 0 radical (unpaired) electrons. The molecule has 33 heavy (non-hydrogen) atoms. The number of thioether (sulfide) groups is 1. The topological polar surface area (TPSA) is 73.8 Å². The summed E-state index contributed by atoms with van der Waals surface area (Å²) in [6.45, 7) is 7.20. The molecule has 3 aromatic rings. The SMILES string of the molecule is CCN(CC)CCN(C(=O)c1ccc(S(=O)(=O)N(C)C)cc1)c1nc2ccc(SC)cc2s1. The Labute approximate surface area is 204 Å². The fourth-order valence-corrected chi connectivity index (χ4v) is 5.78. The van der Waals surface area contributed by atoms with Gasteiger partial charge in [-0.1, -0.05) is 25.2 Å². The van der Waals surface area contributed by atoms with Gasteiger partial charge in [-0.15, -0.1) is 11.8 Å². The molecule has 0 aliphatic rings. The minimum Gasteiger partial charge on any atom is -0.302 e. The predicted molar refractivity (Wildman–Crippen MR) is 138 cm³/mol. The Bertz CT molecular complexity index is 1200. The first kappa shape index (κ1) is 25.6. The first-order valence-electron chi connectivity index (χ1n) is 10.7. The molecule has 1 heterocycles. The van der Waals surface area contributed by atoms with Crippen LogP contribution in [0.5, 0.6) is 0 Å². The number of thiazole rings is 1. The number of hydrogen-bond acceptors (Lipinski definition) is 7. The van der Waals surface area contributed by atoms with Gasteiger partial charge in [-0.25, -0.2) is 17.7 Å². The maximum Gasteiger partial charge on any atom is 0.260 e. The molecule has 7 nitrogen and oxygen atoms in total. The van der Waals surface area contributed by atoms with Crippen molar-refractivity contribution in [2.45, 2.75) is 23.6 Å². The van der Waals surface area contributed by atoms with Crippen LogP contribution in [-0.4, -0.2) is 75.0 Å². The highest BCUT2D eigenvalue weighted by molar-refractivity contribution is 7.98. The van der Waals surface area contributed by atoms with Crippen LogP contribution < -0.4 is 4.90 Å². The molecular formula is C23H30N4O3S3. The fourth-order valence-electron chi connectivity index (χ4n) is 3.34. The van der Waals surface area contributed by atoms with E-state index >= 15 is 0 Å². The average molecular weight is 507 g/mol. The lowest BCUT2D eigenvalue weighted by atomic mass is 10.2. The summed E-state index contributed by atoms with van der Waals surface area (Å²) in [5.74, 6) is -0.194. The van der Waals surface area contributed by atoms with E-state index in [1.165, 1.54) is 37.6 Å². The molecule has 1 amide bonds. The average Bonchev–Trinajstić information content (AvgIpc) is 3.24. The molecule has 0 N–H and O–H groups in total. The molecule has 0 fully saturated rings. The first-order valence-corrected chi connectivity index (χ1v) is 14.2. The minimum atomic E-state index is -3.55. The highest BCUT2D eigenvalue weighted by atomic mass is 32.2. The highest BCUT2D eigenvalue weighted by Crippen LogP contribution is 2.32. The Morgan fingerprint density at radius 2 is 1.70 bits per heavy atom. The van der Waals surface area contributed by atoms with Crippen molar-refractivity contribution >= 4 is 54.4 Å². The summed E-state index contributed by atoms with van der Waals surface area (Å²) in [7, 11) is -0.584. The third kappa shape index (κ3) is 5.75. The quantitative estimate of drug-likeness (QED) is 0.383. The van der Waals surface area contributed by atoms with Crippen molar-refractivity contribution < 1.29 is 13.2 Å². The van der Waals surface area contributed by atoms with Crippen molar-refractivity contribution in [3.8, 4) is 0 Å². The zero-order valence-corrected chi connectivity index (χ0v) is 22.1. The molecule has 0 atom stereocenters. The maximum absolute atomic E-state index is 13.5. The van der Waals surface area contributed by atoms with E-state index in [4.69, 9.17) is 4.98 Å². The number of carbonyl (C=O) groups is 1. The number of carbonyl (C=O) groups excluding carboxylic acids is 1. The van der Waals surface area contributed by atoms with Crippen molar-refractivity contribution in [1.29, 1.82) is 0 Å². The summed E-state index contributed by atoms with van der Waals surface area (Å²) in [4.78, 5) is 23.5. The highest BCUT2D eigenvalue weighted by Gasteiger charge is 2.23. The number of aromatic nitrogens is 1. The van der Waals surface area contributed by atoms with E-state index in [9.17, 15) is 13.2 Å². The van der Waals surface area contributed by atoms with Gasteiger partial charge in [0.1, 0.15) is 0 Å². The molecular weight excluding hydrogens is 476 g/mol. The van der Waals surface area contributed by atoms with Gasteiger partial charge in [0.25, 0.3) is 5.91 Å². The molecule has 10 heteroatoms.